The molecule has 3 rings (SSSR count). The van der Waals surface area contributed by atoms with Crippen LogP contribution in [0.2, 0.25) is 0 Å². The number of amides is 1. The van der Waals surface area contributed by atoms with Crippen LogP contribution in [0.5, 0.6) is 17.5 Å². The molecule has 1 unspecified atom stereocenters. The molecule has 120 valence electrons. The van der Waals surface area contributed by atoms with E-state index in [4.69, 9.17) is 14.2 Å². The van der Waals surface area contributed by atoms with Gasteiger partial charge in [-0.25, -0.2) is 0 Å². The molecule has 1 aromatic heterocycles. The summed E-state index contributed by atoms with van der Waals surface area (Å²) in [6, 6.07) is 8.76. The van der Waals surface area contributed by atoms with Crippen LogP contribution in [0.25, 0.3) is 0 Å². The summed E-state index contributed by atoms with van der Waals surface area (Å²) < 4.78 is 15.9. The van der Waals surface area contributed by atoms with Crippen LogP contribution in [0.15, 0.2) is 30.3 Å². The molecule has 7 nitrogen and oxygen atoms in total. The van der Waals surface area contributed by atoms with Crippen molar-refractivity contribution in [1.82, 2.24) is 9.97 Å². The largest absolute Gasteiger partial charge is 0.489 e. The summed E-state index contributed by atoms with van der Waals surface area (Å²) in [5.74, 6) is 0.896. The average Bonchev–Trinajstić information content (AvgIpc) is 2.60. The van der Waals surface area contributed by atoms with Gasteiger partial charge in [-0.3, -0.25) is 9.69 Å². The van der Waals surface area contributed by atoms with Crippen molar-refractivity contribution in [2.45, 2.75) is 13.0 Å². The van der Waals surface area contributed by atoms with E-state index in [2.05, 4.69) is 9.97 Å². The van der Waals surface area contributed by atoms with Gasteiger partial charge in [0.25, 0.3) is 5.91 Å². The van der Waals surface area contributed by atoms with Gasteiger partial charge in [0, 0.05) is 0 Å². The van der Waals surface area contributed by atoms with Crippen molar-refractivity contribution in [2.75, 3.05) is 25.7 Å². The lowest BCUT2D eigenvalue weighted by Crippen LogP contribution is -2.45. The van der Waals surface area contributed by atoms with Crippen LogP contribution < -0.4 is 19.1 Å². The number of methoxy groups -OCH3 is 2. The van der Waals surface area contributed by atoms with Crippen LogP contribution in [0, 0.1) is 0 Å². The Kier molecular flexibility index (Phi) is 4.01. The number of carbonyl (C=O) groups is 1. The van der Waals surface area contributed by atoms with E-state index in [1.165, 1.54) is 20.3 Å². The van der Waals surface area contributed by atoms with E-state index in [9.17, 15) is 4.79 Å². The number of hydrogen-bond donors (Lipinski definition) is 0. The molecule has 1 aromatic carbocycles. The highest BCUT2D eigenvalue weighted by Crippen LogP contribution is 2.34. The minimum atomic E-state index is -0.328. The number of rotatable bonds is 3. The molecule has 0 saturated heterocycles. The van der Waals surface area contributed by atoms with Crippen LogP contribution in [0.1, 0.15) is 17.5 Å². The van der Waals surface area contributed by atoms with E-state index in [0.717, 1.165) is 0 Å². The van der Waals surface area contributed by atoms with Crippen molar-refractivity contribution in [3.05, 3.63) is 36.2 Å². The van der Waals surface area contributed by atoms with Gasteiger partial charge in [-0.05, 0) is 19.1 Å². The highest BCUT2D eigenvalue weighted by Gasteiger charge is 2.32. The second kappa shape index (κ2) is 6.12. The number of fused-ring (bicyclic) bond motifs is 1. The SMILES string of the molecule is COc1cc(OC)nc(C(=O)N2c3ccccc3OCC2C)n1. The van der Waals surface area contributed by atoms with Gasteiger partial charge < -0.3 is 14.2 Å². The number of anilines is 1. The molecule has 1 aliphatic rings. The Hall–Kier alpha value is -2.83. The first kappa shape index (κ1) is 15.1. The molecule has 0 bridgehead atoms. The van der Waals surface area contributed by atoms with Gasteiger partial charge >= 0.3 is 0 Å². The fourth-order valence-corrected chi connectivity index (χ4v) is 2.43. The Labute approximate surface area is 133 Å². The van der Waals surface area contributed by atoms with Crippen molar-refractivity contribution in [1.29, 1.82) is 0 Å². The first-order chi connectivity index (χ1) is 11.1. The summed E-state index contributed by atoms with van der Waals surface area (Å²) in [6.45, 7) is 2.31. The molecule has 0 fully saturated rings. The van der Waals surface area contributed by atoms with Gasteiger partial charge in [0.15, 0.2) is 0 Å². The van der Waals surface area contributed by atoms with Crippen LogP contribution in [-0.2, 0) is 0 Å². The molecule has 0 N–H and O–H groups in total. The smallest absolute Gasteiger partial charge is 0.296 e. The van der Waals surface area contributed by atoms with Gasteiger partial charge in [-0.2, -0.15) is 9.97 Å². The first-order valence-electron chi connectivity index (χ1n) is 7.16. The quantitative estimate of drug-likeness (QED) is 0.861. The Bertz CT molecular complexity index is 713. The van der Waals surface area contributed by atoms with Gasteiger partial charge in [-0.15, -0.1) is 0 Å². The maximum atomic E-state index is 12.9. The standard InChI is InChI=1S/C16H17N3O4/c1-10-9-23-12-7-5-4-6-11(12)19(10)16(20)15-17-13(21-2)8-14(18-15)22-3/h4-8,10H,9H2,1-3H3. The van der Waals surface area contributed by atoms with E-state index < -0.39 is 0 Å². The molecule has 2 aromatic rings. The zero-order valence-electron chi connectivity index (χ0n) is 13.1. The maximum Gasteiger partial charge on any atom is 0.296 e. The summed E-state index contributed by atoms with van der Waals surface area (Å²) in [5.41, 5.74) is 0.696. The van der Waals surface area contributed by atoms with E-state index in [1.807, 2.05) is 31.2 Å². The maximum absolute atomic E-state index is 12.9. The molecule has 2 heterocycles. The van der Waals surface area contributed by atoms with E-state index >= 15 is 0 Å². The van der Waals surface area contributed by atoms with Gasteiger partial charge in [0.05, 0.1) is 32.0 Å². The first-order valence-corrected chi connectivity index (χ1v) is 7.16. The van der Waals surface area contributed by atoms with Gasteiger partial charge in [0.1, 0.15) is 12.4 Å². The third kappa shape index (κ3) is 2.77. The molecule has 0 radical (unpaired) electrons. The van der Waals surface area contributed by atoms with Crippen molar-refractivity contribution in [2.24, 2.45) is 0 Å². The summed E-state index contributed by atoms with van der Waals surface area (Å²) in [5, 5.41) is 0. The van der Waals surface area contributed by atoms with Crippen LogP contribution >= 0.6 is 0 Å². The highest BCUT2D eigenvalue weighted by atomic mass is 16.5. The molecular formula is C16H17N3O4. The Morgan fingerprint density at radius 2 is 1.87 bits per heavy atom. The lowest BCUT2D eigenvalue weighted by Gasteiger charge is -2.34. The minimum Gasteiger partial charge on any atom is -0.489 e. The lowest BCUT2D eigenvalue weighted by molar-refractivity contribution is 0.0948. The topological polar surface area (TPSA) is 73.8 Å². The normalized spacial score (nSPS) is 16.3. The van der Waals surface area contributed by atoms with Crippen LogP contribution in [-0.4, -0.2) is 42.7 Å². The summed E-state index contributed by atoms with van der Waals surface area (Å²) in [6.07, 6.45) is 0. The second-order valence-corrected chi connectivity index (χ2v) is 5.08. The highest BCUT2D eigenvalue weighted by molar-refractivity contribution is 6.05. The van der Waals surface area contributed by atoms with Gasteiger partial charge in [-0.1, -0.05) is 12.1 Å². The molecular weight excluding hydrogens is 298 g/mol. The fourth-order valence-electron chi connectivity index (χ4n) is 2.43. The number of benzene rings is 1. The Morgan fingerprint density at radius 3 is 2.52 bits per heavy atom. The van der Waals surface area contributed by atoms with Crippen molar-refractivity contribution >= 4 is 11.6 Å². The summed E-state index contributed by atoms with van der Waals surface area (Å²) in [4.78, 5) is 22.8. The predicted octanol–water partition coefficient (Wildman–Crippen LogP) is 1.92. The summed E-state index contributed by atoms with van der Waals surface area (Å²) >= 11 is 0. The number of hydrogen-bond acceptors (Lipinski definition) is 6. The van der Waals surface area contributed by atoms with E-state index in [0.29, 0.717) is 18.0 Å². The average molecular weight is 315 g/mol. The van der Waals surface area contributed by atoms with Crippen LogP contribution in [0.4, 0.5) is 5.69 Å². The predicted molar refractivity (Wildman–Crippen MR) is 83.3 cm³/mol. The van der Waals surface area contributed by atoms with E-state index in [-0.39, 0.29) is 29.5 Å². The summed E-state index contributed by atoms with van der Waals surface area (Å²) in [7, 11) is 2.95. The molecule has 1 atom stereocenters. The Morgan fingerprint density at radius 1 is 1.22 bits per heavy atom. The molecule has 7 heteroatoms. The Balaban J connectivity index is 2.03. The molecule has 0 spiro atoms. The third-order valence-electron chi connectivity index (χ3n) is 3.55. The second-order valence-electron chi connectivity index (χ2n) is 5.08. The minimum absolute atomic E-state index is 0.0183. The number of ether oxygens (including phenoxy) is 3. The fraction of sp³-hybridized carbons (Fsp3) is 0.312. The zero-order chi connectivity index (χ0) is 16.4. The molecule has 0 saturated carbocycles. The lowest BCUT2D eigenvalue weighted by atomic mass is 10.1. The molecule has 1 amide bonds. The van der Waals surface area contributed by atoms with Crippen molar-refractivity contribution in [3.8, 4) is 17.5 Å². The molecule has 0 aliphatic carbocycles. The number of aromatic nitrogens is 2. The zero-order valence-corrected chi connectivity index (χ0v) is 13.1. The molecule has 23 heavy (non-hydrogen) atoms. The molecule has 1 aliphatic heterocycles. The third-order valence-corrected chi connectivity index (χ3v) is 3.55. The van der Waals surface area contributed by atoms with Crippen molar-refractivity contribution < 1.29 is 19.0 Å². The van der Waals surface area contributed by atoms with Crippen molar-refractivity contribution in [3.63, 3.8) is 0 Å². The van der Waals surface area contributed by atoms with Gasteiger partial charge in [0.2, 0.25) is 17.6 Å². The van der Waals surface area contributed by atoms with E-state index in [1.54, 1.807) is 4.90 Å². The van der Waals surface area contributed by atoms with Crippen LogP contribution in [0.3, 0.4) is 0 Å². The monoisotopic (exact) mass is 315 g/mol. The number of carbonyl (C=O) groups excluding carboxylic acids is 1. The number of para-hydroxylation sites is 2. The number of nitrogens with zero attached hydrogens (tertiary/aromatic N) is 3.